The van der Waals surface area contributed by atoms with E-state index in [1.807, 2.05) is 25.3 Å². The number of hydrogen-bond donors (Lipinski definition) is 1. The average molecular weight is 327 g/mol. The third-order valence-electron chi connectivity index (χ3n) is 4.97. The molecule has 2 heterocycles. The maximum absolute atomic E-state index is 12.7. The summed E-state index contributed by atoms with van der Waals surface area (Å²) in [6.45, 7) is 4.12. The molecule has 5 heteroatoms. The maximum Gasteiger partial charge on any atom is 0.244 e. The summed E-state index contributed by atoms with van der Waals surface area (Å²) in [6, 6.07) is 12.1. The summed E-state index contributed by atoms with van der Waals surface area (Å²) in [6.07, 6.45) is 6.12. The Labute approximate surface area is 143 Å². The van der Waals surface area contributed by atoms with Crippen LogP contribution in [-0.4, -0.2) is 35.4 Å². The van der Waals surface area contributed by atoms with Gasteiger partial charge in [0.15, 0.2) is 0 Å². The summed E-state index contributed by atoms with van der Waals surface area (Å²) < 4.78 is 7.28. The van der Waals surface area contributed by atoms with Crippen LogP contribution in [0.2, 0.25) is 0 Å². The molecule has 0 bridgehead atoms. The smallest absolute Gasteiger partial charge is 0.244 e. The zero-order valence-electron chi connectivity index (χ0n) is 14.1. The van der Waals surface area contributed by atoms with E-state index in [9.17, 15) is 4.79 Å². The number of carbonyl (C=O) groups excluding carboxylic acids is 1. The molecule has 1 fully saturated rings. The Morgan fingerprint density at radius 3 is 2.67 bits per heavy atom. The molecule has 0 saturated carbocycles. The molecule has 1 aromatic heterocycles. The predicted molar refractivity (Wildman–Crippen MR) is 92.7 cm³/mol. The number of nitrogens with one attached hydrogen (secondary N) is 1. The first-order valence-corrected chi connectivity index (χ1v) is 8.65. The Kier molecular flexibility index (Phi) is 5.30. The van der Waals surface area contributed by atoms with E-state index in [0.29, 0.717) is 6.54 Å². The van der Waals surface area contributed by atoms with Gasteiger partial charge in [0.05, 0.1) is 0 Å². The molecule has 0 aliphatic carbocycles. The molecule has 3 rings (SSSR count). The average Bonchev–Trinajstić information content (AvgIpc) is 3.16. The van der Waals surface area contributed by atoms with E-state index in [1.165, 1.54) is 5.56 Å². The van der Waals surface area contributed by atoms with Gasteiger partial charge in [-0.1, -0.05) is 37.3 Å². The second kappa shape index (κ2) is 7.62. The molecular weight excluding hydrogens is 302 g/mol. The number of carbonyl (C=O) groups is 1. The zero-order chi connectivity index (χ0) is 16.8. The molecule has 1 aliphatic heterocycles. The number of aromatic nitrogens is 2. The van der Waals surface area contributed by atoms with Crippen molar-refractivity contribution >= 4 is 5.91 Å². The third-order valence-corrected chi connectivity index (χ3v) is 4.97. The largest absolute Gasteiger partial charge is 0.381 e. The summed E-state index contributed by atoms with van der Waals surface area (Å²) in [4.78, 5) is 12.7. The summed E-state index contributed by atoms with van der Waals surface area (Å²) in [5.41, 5.74) is 1.23. The minimum atomic E-state index is -0.257. The van der Waals surface area contributed by atoms with Crippen molar-refractivity contribution in [3.8, 4) is 0 Å². The lowest BCUT2D eigenvalue weighted by atomic mass is 9.74. The predicted octanol–water partition coefficient (Wildman–Crippen LogP) is 2.70. The SMILES string of the molecule is CCC(C(=O)NCC1(c2ccccc2)CCOCC1)n1cccn1. The monoisotopic (exact) mass is 327 g/mol. The summed E-state index contributed by atoms with van der Waals surface area (Å²) in [5.74, 6) is 0.0306. The molecular formula is C19H25N3O2. The fraction of sp³-hybridized carbons (Fsp3) is 0.474. The van der Waals surface area contributed by atoms with Crippen LogP contribution in [-0.2, 0) is 14.9 Å². The molecule has 1 atom stereocenters. The molecule has 2 aromatic rings. The first kappa shape index (κ1) is 16.7. The minimum absolute atomic E-state index is 0.0306. The third kappa shape index (κ3) is 3.51. The van der Waals surface area contributed by atoms with E-state index in [4.69, 9.17) is 4.74 Å². The van der Waals surface area contributed by atoms with Gasteiger partial charge in [-0.15, -0.1) is 0 Å². The molecule has 1 aliphatic rings. The molecule has 128 valence electrons. The van der Waals surface area contributed by atoms with E-state index in [-0.39, 0.29) is 17.4 Å². The molecule has 1 aromatic carbocycles. The Hall–Kier alpha value is -2.14. The number of hydrogen-bond acceptors (Lipinski definition) is 3. The highest BCUT2D eigenvalue weighted by Gasteiger charge is 2.35. The Morgan fingerprint density at radius 1 is 1.29 bits per heavy atom. The summed E-state index contributed by atoms with van der Waals surface area (Å²) in [7, 11) is 0. The normalized spacial score (nSPS) is 18.0. The van der Waals surface area contributed by atoms with Crippen LogP contribution in [0.25, 0.3) is 0 Å². The van der Waals surface area contributed by atoms with Crippen molar-refractivity contribution in [3.63, 3.8) is 0 Å². The van der Waals surface area contributed by atoms with Gasteiger partial charge in [-0.2, -0.15) is 5.10 Å². The summed E-state index contributed by atoms with van der Waals surface area (Å²) in [5, 5.41) is 7.39. The van der Waals surface area contributed by atoms with Crippen molar-refractivity contribution in [2.75, 3.05) is 19.8 Å². The highest BCUT2D eigenvalue weighted by atomic mass is 16.5. The van der Waals surface area contributed by atoms with Gasteiger partial charge in [0.1, 0.15) is 6.04 Å². The van der Waals surface area contributed by atoms with Crippen molar-refractivity contribution in [1.82, 2.24) is 15.1 Å². The van der Waals surface area contributed by atoms with Crippen LogP contribution in [0.15, 0.2) is 48.8 Å². The van der Waals surface area contributed by atoms with Crippen LogP contribution in [0.1, 0.15) is 37.8 Å². The topological polar surface area (TPSA) is 56.1 Å². The second-order valence-corrected chi connectivity index (χ2v) is 6.39. The van der Waals surface area contributed by atoms with Crippen LogP contribution in [0.5, 0.6) is 0 Å². The van der Waals surface area contributed by atoms with Crippen LogP contribution in [0.3, 0.4) is 0 Å². The van der Waals surface area contributed by atoms with E-state index >= 15 is 0 Å². The fourth-order valence-corrected chi connectivity index (χ4v) is 3.45. The number of nitrogens with zero attached hydrogens (tertiary/aromatic N) is 2. The first-order valence-electron chi connectivity index (χ1n) is 8.65. The van der Waals surface area contributed by atoms with Crippen molar-refractivity contribution in [2.45, 2.75) is 37.6 Å². The number of amides is 1. The van der Waals surface area contributed by atoms with Gasteiger partial charge >= 0.3 is 0 Å². The summed E-state index contributed by atoms with van der Waals surface area (Å²) >= 11 is 0. The number of ether oxygens (including phenoxy) is 1. The van der Waals surface area contributed by atoms with Gasteiger partial charge in [0.2, 0.25) is 5.91 Å². The van der Waals surface area contributed by atoms with Crippen LogP contribution >= 0.6 is 0 Å². The lowest BCUT2D eigenvalue weighted by molar-refractivity contribution is -0.125. The highest BCUT2D eigenvalue weighted by Crippen LogP contribution is 2.34. The van der Waals surface area contributed by atoms with Crippen molar-refractivity contribution < 1.29 is 9.53 Å². The van der Waals surface area contributed by atoms with Crippen molar-refractivity contribution in [3.05, 3.63) is 54.4 Å². The zero-order valence-corrected chi connectivity index (χ0v) is 14.1. The Bertz CT molecular complexity index is 634. The van der Waals surface area contributed by atoms with Crippen molar-refractivity contribution in [2.24, 2.45) is 0 Å². The maximum atomic E-state index is 12.7. The van der Waals surface area contributed by atoms with Crippen LogP contribution in [0.4, 0.5) is 0 Å². The lowest BCUT2D eigenvalue weighted by Gasteiger charge is -2.38. The van der Waals surface area contributed by atoms with E-state index < -0.39 is 0 Å². The Balaban J connectivity index is 1.73. The number of benzene rings is 1. The molecule has 0 spiro atoms. The number of rotatable bonds is 6. The molecule has 1 amide bonds. The van der Waals surface area contributed by atoms with Gasteiger partial charge in [-0.05, 0) is 30.9 Å². The van der Waals surface area contributed by atoms with E-state index in [1.54, 1.807) is 10.9 Å². The van der Waals surface area contributed by atoms with Gasteiger partial charge in [-0.25, -0.2) is 0 Å². The van der Waals surface area contributed by atoms with Crippen LogP contribution < -0.4 is 5.32 Å². The molecule has 1 saturated heterocycles. The molecule has 0 radical (unpaired) electrons. The van der Waals surface area contributed by atoms with E-state index in [0.717, 1.165) is 32.5 Å². The van der Waals surface area contributed by atoms with Gasteiger partial charge < -0.3 is 10.1 Å². The molecule has 1 N–H and O–H groups in total. The molecule has 24 heavy (non-hydrogen) atoms. The van der Waals surface area contributed by atoms with Gasteiger partial charge in [0.25, 0.3) is 0 Å². The van der Waals surface area contributed by atoms with E-state index in [2.05, 4.69) is 34.7 Å². The molecule has 1 unspecified atom stereocenters. The van der Waals surface area contributed by atoms with Gasteiger partial charge in [-0.3, -0.25) is 9.48 Å². The second-order valence-electron chi connectivity index (χ2n) is 6.39. The van der Waals surface area contributed by atoms with Crippen molar-refractivity contribution in [1.29, 1.82) is 0 Å². The standard InChI is InChI=1S/C19H25N3O2/c1-2-17(22-12-6-11-21-22)18(23)20-15-19(9-13-24-14-10-19)16-7-4-3-5-8-16/h3-8,11-12,17H,2,9-10,13-15H2,1H3,(H,20,23). The minimum Gasteiger partial charge on any atom is -0.381 e. The first-order chi connectivity index (χ1) is 11.7. The quantitative estimate of drug-likeness (QED) is 0.887. The lowest BCUT2D eigenvalue weighted by Crippen LogP contribution is -2.46. The fourth-order valence-electron chi connectivity index (χ4n) is 3.45. The van der Waals surface area contributed by atoms with Gasteiger partial charge in [0, 0.05) is 37.6 Å². The van der Waals surface area contributed by atoms with Crippen LogP contribution in [0, 0.1) is 0 Å². The highest BCUT2D eigenvalue weighted by molar-refractivity contribution is 5.80. The molecule has 5 nitrogen and oxygen atoms in total. The Morgan fingerprint density at radius 2 is 2.04 bits per heavy atom.